The molecule has 3 aromatic heterocycles. The molecular weight excluding hydrogens is 496 g/mol. The number of nitrogens with two attached hydrogens (primary N) is 1. The van der Waals surface area contributed by atoms with Gasteiger partial charge in [-0.25, -0.2) is 15.0 Å². The first-order chi connectivity index (χ1) is 18.2. The third-order valence-corrected chi connectivity index (χ3v) is 7.56. The van der Waals surface area contributed by atoms with Gasteiger partial charge in [0.25, 0.3) is 5.91 Å². The monoisotopic (exact) mass is 532 g/mol. The highest BCUT2D eigenvalue weighted by Gasteiger charge is 2.20. The summed E-state index contributed by atoms with van der Waals surface area (Å²) in [5, 5.41) is 11.8. The van der Waals surface area contributed by atoms with E-state index in [1.807, 2.05) is 35.9 Å². The molecule has 1 amide bonds. The number of thiazole rings is 1. The lowest BCUT2D eigenvalue weighted by molar-refractivity contribution is 0.0954. The average Bonchev–Trinajstić information content (AvgIpc) is 3.54. The maximum atomic E-state index is 12.7. The molecule has 0 aliphatic heterocycles. The van der Waals surface area contributed by atoms with Gasteiger partial charge in [-0.15, -0.1) is 11.3 Å². The fourth-order valence-corrected chi connectivity index (χ4v) is 4.81. The molecule has 0 bridgehead atoms. The number of aromatic nitrogens is 5. The van der Waals surface area contributed by atoms with Crippen molar-refractivity contribution in [2.75, 3.05) is 5.32 Å². The molecule has 200 valence electrons. The Morgan fingerprint density at radius 2 is 1.97 bits per heavy atom. The smallest absolute Gasteiger partial charge is 0.263 e. The molecule has 0 fully saturated rings. The minimum atomic E-state index is -0.108. The lowest BCUT2D eigenvalue weighted by Crippen LogP contribution is -2.22. The number of carbonyl (C=O) groups excluding carboxylic acids is 1. The van der Waals surface area contributed by atoms with Crippen LogP contribution in [-0.4, -0.2) is 30.6 Å². The second-order valence-corrected chi connectivity index (χ2v) is 11.3. The van der Waals surface area contributed by atoms with Crippen molar-refractivity contribution in [1.29, 1.82) is 0 Å². The van der Waals surface area contributed by atoms with E-state index in [0.29, 0.717) is 29.7 Å². The highest BCUT2D eigenvalue weighted by atomic mass is 32.1. The third kappa shape index (κ3) is 6.62. The molecule has 4 rings (SSSR count). The Morgan fingerprint density at radius 3 is 2.66 bits per heavy atom. The van der Waals surface area contributed by atoms with Gasteiger partial charge in [-0.2, -0.15) is 5.10 Å². The number of unbranched alkanes of at least 4 members (excludes halogenated alkanes) is 1. The number of hydrogen-bond donors (Lipinski definition) is 3. The molecule has 4 aromatic rings. The molecule has 0 aliphatic rings. The van der Waals surface area contributed by atoms with Crippen molar-refractivity contribution < 1.29 is 4.79 Å². The Hall–Kier alpha value is -3.63. The van der Waals surface area contributed by atoms with Gasteiger partial charge in [0.15, 0.2) is 5.82 Å². The highest BCUT2D eigenvalue weighted by Crippen LogP contribution is 2.27. The number of benzene rings is 1. The fourth-order valence-electron chi connectivity index (χ4n) is 3.92. The van der Waals surface area contributed by atoms with Crippen molar-refractivity contribution in [2.24, 2.45) is 5.73 Å². The largest absolute Gasteiger partial charge is 0.347 e. The summed E-state index contributed by atoms with van der Waals surface area (Å²) in [6.07, 6.45) is 5.52. The van der Waals surface area contributed by atoms with Crippen LogP contribution in [0.15, 0.2) is 42.7 Å². The molecule has 38 heavy (non-hydrogen) atoms. The van der Waals surface area contributed by atoms with Crippen LogP contribution in [0.25, 0.3) is 11.3 Å². The zero-order chi connectivity index (χ0) is 27.3. The van der Waals surface area contributed by atoms with Crippen LogP contribution in [0.1, 0.15) is 72.0 Å². The van der Waals surface area contributed by atoms with Crippen molar-refractivity contribution in [2.45, 2.75) is 72.5 Å². The van der Waals surface area contributed by atoms with Crippen LogP contribution in [0.3, 0.4) is 0 Å². The molecule has 1 aromatic carbocycles. The van der Waals surface area contributed by atoms with E-state index in [-0.39, 0.29) is 11.3 Å². The van der Waals surface area contributed by atoms with E-state index in [1.165, 1.54) is 11.3 Å². The van der Waals surface area contributed by atoms with Crippen LogP contribution in [-0.2, 0) is 25.0 Å². The van der Waals surface area contributed by atoms with E-state index >= 15 is 0 Å². The Morgan fingerprint density at radius 1 is 1.16 bits per heavy atom. The van der Waals surface area contributed by atoms with E-state index in [2.05, 4.69) is 59.5 Å². The first-order valence-corrected chi connectivity index (χ1v) is 13.7. The Kier molecular flexibility index (Phi) is 8.53. The van der Waals surface area contributed by atoms with Crippen LogP contribution in [0.2, 0.25) is 0 Å². The molecule has 0 unspecified atom stereocenters. The summed E-state index contributed by atoms with van der Waals surface area (Å²) in [6.45, 7) is 12.2. The second-order valence-electron chi connectivity index (χ2n) is 10.3. The molecule has 3 heterocycles. The van der Waals surface area contributed by atoms with Gasteiger partial charge in [-0.05, 0) is 36.6 Å². The van der Waals surface area contributed by atoms with E-state index in [0.717, 1.165) is 52.5 Å². The average molecular weight is 533 g/mol. The molecule has 4 N–H and O–H groups in total. The Balaban J connectivity index is 1.43. The quantitative estimate of drug-likeness (QED) is 0.252. The summed E-state index contributed by atoms with van der Waals surface area (Å²) in [4.78, 5) is 26.8. The number of rotatable bonds is 10. The molecule has 0 radical (unpaired) electrons. The molecule has 0 atom stereocenters. The van der Waals surface area contributed by atoms with Gasteiger partial charge < -0.3 is 16.4 Å². The predicted octanol–water partition coefficient (Wildman–Crippen LogP) is 5.33. The van der Waals surface area contributed by atoms with Gasteiger partial charge in [-0.3, -0.25) is 9.48 Å². The van der Waals surface area contributed by atoms with Gasteiger partial charge in [0.1, 0.15) is 4.88 Å². The summed E-state index contributed by atoms with van der Waals surface area (Å²) >= 11 is 1.44. The lowest BCUT2D eigenvalue weighted by atomic mass is 9.98. The molecule has 9 nitrogen and oxygen atoms in total. The topological polar surface area (TPSA) is 124 Å². The number of nitrogens with one attached hydrogen (secondary N) is 2. The standard InChI is InChI=1S/C28H36N8OS/c1-6-7-12-36-21(15-29)14-24(35-36)34-27-30-11-10-22(33-27)19-8-9-20(18(2)13-19)16-31-25(37)23-17-32-26(38-23)28(3,4)5/h8-11,13-14,17H,6-7,12,15-16,29H2,1-5H3,(H,31,37)(H,30,33,34,35). The summed E-state index contributed by atoms with van der Waals surface area (Å²) in [6, 6.07) is 9.93. The van der Waals surface area contributed by atoms with Gasteiger partial charge >= 0.3 is 0 Å². The van der Waals surface area contributed by atoms with E-state index in [1.54, 1.807) is 12.4 Å². The summed E-state index contributed by atoms with van der Waals surface area (Å²) in [5.74, 6) is 1.04. The summed E-state index contributed by atoms with van der Waals surface area (Å²) < 4.78 is 1.94. The minimum absolute atomic E-state index is 0.0738. The number of carbonyl (C=O) groups is 1. The summed E-state index contributed by atoms with van der Waals surface area (Å²) in [7, 11) is 0. The SMILES string of the molecule is CCCCn1nc(Nc2nccc(-c3ccc(CNC(=O)c4cnc(C(C)(C)C)s4)c(C)c3)n2)cc1CN. The van der Waals surface area contributed by atoms with Crippen molar-refractivity contribution in [3.8, 4) is 11.3 Å². The van der Waals surface area contributed by atoms with Crippen LogP contribution >= 0.6 is 11.3 Å². The van der Waals surface area contributed by atoms with E-state index in [9.17, 15) is 4.79 Å². The third-order valence-electron chi connectivity index (χ3n) is 6.14. The Labute approximate surface area is 227 Å². The maximum Gasteiger partial charge on any atom is 0.263 e. The van der Waals surface area contributed by atoms with Crippen molar-refractivity contribution in [3.63, 3.8) is 0 Å². The second kappa shape index (κ2) is 11.8. The molecular formula is C28H36N8OS. The molecule has 0 saturated carbocycles. The summed E-state index contributed by atoms with van der Waals surface area (Å²) in [5.41, 5.74) is 10.7. The van der Waals surface area contributed by atoms with Crippen molar-refractivity contribution in [3.05, 3.63) is 69.4 Å². The zero-order valence-corrected chi connectivity index (χ0v) is 23.5. The highest BCUT2D eigenvalue weighted by molar-refractivity contribution is 7.13. The van der Waals surface area contributed by atoms with Gasteiger partial charge in [0, 0.05) is 42.9 Å². The van der Waals surface area contributed by atoms with E-state index in [4.69, 9.17) is 10.7 Å². The first-order valence-electron chi connectivity index (χ1n) is 12.9. The van der Waals surface area contributed by atoms with Crippen molar-refractivity contribution in [1.82, 2.24) is 30.0 Å². The molecule has 10 heteroatoms. The number of anilines is 2. The molecule has 0 aliphatic carbocycles. The normalized spacial score (nSPS) is 11.5. The van der Waals surface area contributed by atoms with Crippen LogP contribution < -0.4 is 16.4 Å². The van der Waals surface area contributed by atoms with E-state index < -0.39 is 0 Å². The molecule has 0 saturated heterocycles. The lowest BCUT2D eigenvalue weighted by Gasteiger charge is -2.13. The first kappa shape index (κ1) is 27.4. The number of aryl methyl sites for hydroxylation is 2. The fraction of sp³-hybridized carbons (Fsp3) is 0.393. The van der Waals surface area contributed by atoms with Gasteiger partial charge in [-0.1, -0.05) is 46.2 Å². The minimum Gasteiger partial charge on any atom is -0.347 e. The van der Waals surface area contributed by atoms with Gasteiger partial charge in [0.05, 0.1) is 22.6 Å². The van der Waals surface area contributed by atoms with Crippen molar-refractivity contribution >= 4 is 29.0 Å². The predicted molar refractivity (Wildman–Crippen MR) is 152 cm³/mol. The van der Waals surface area contributed by atoms with Crippen LogP contribution in [0, 0.1) is 6.92 Å². The van der Waals surface area contributed by atoms with Crippen LogP contribution in [0.5, 0.6) is 0 Å². The van der Waals surface area contributed by atoms with Gasteiger partial charge in [0.2, 0.25) is 5.95 Å². The number of amides is 1. The van der Waals surface area contributed by atoms with Crippen LogP contribution in [0.4, 0.5) is 11.8 Å². The maximum absolute atomic E-state index is 12.7. The number of nitrogens with zero attached hydrogens (tertiary/aromatic N) is 5. The Bertz CT molecular complexity index is 1400. The molecule has 0 spiro atoms. The zero-order valence-electron chi connectivity index (χ0n) is 22.7. The number of hydrogen-bond acceptors (Lipinski definition) is 8.